The molecule has 1 aromatic carbocycles. The van der Waals surface area contributed by atoms with Crippen molar-refractivity contribution in [2.24, 2.45) is 11.5 Å². The first kappa shape index (κ1) is 22.4. The zero-order chi connectivity index (χ0) is 21.2. The van der Waals surface area contributed by atoms with Crippen LogP contribution in [-0.4, -0.2) is 41.6 Å². The number of hydrogen-bond donors (Lipinski definition) is 6. The number of allylic oxidation sites excluding steroid dienone is 1. The van der Waals surface area contributed by atoms with Crippen molar-refractivity contribution >= 4 is 23.5 Å². The number of amides is 4. The normalized spacial score (nSPS) is 15.2. The minimum absolute atomic E-state index is 0.0898. The summed E-state index contributed by atoms with van der Waals surface area (Å²) in [7, 11) is 0. The summed E-state index contributed by atoms with van der Waals surface area (Å²) in [6.45, 7) is 0.199. The summed E-state index contributed by atoms with van der Waals surface area (Å²) >= 11 is 0. The lowest BCUT2D eigenvalue weighted by molar-refractivity contribution is -0.127. The number of rotatable bonds is 10. The largest absolute Gasteiger partial charge is 0.392 e. The number of benzene rings is 1. The Balaban J connectivity index is 2.00. The Morgan fingerprint density at radius 1 is 1.14 bits per heavy atom. The summed E-state index contributed by atoms with van der Waals surface area (Å²) in [4.78, 5) is 36.1. The van der Waals surface area contributed by atoms with E-state index in [2.05, 4.69) is 16.0 Å². The van der Waals surface area contributed by atoms with Gasteiger partial charge in [-0.05, 0) is 55.4 Å². The van der Waals surface area contributed by atoms with Gasteiger partial charge in [0.1, 0.15) is 12.1 Å². The van der Waals surface area contributed by atoms with Crippen LogP contribution in [-0.2, 0) is 16.2 Å². The summed E-state index contributed by atoms with van der Waals surface area (Å²) in [5, 5.41) is 17.0. The number of aliphatic hydroxyl groups is 1. The predicted octanol–water partition coefficient (Wildman–Crippen LogP) is 0.488. The van der Waals surface area contributed by atoms with E-state index < -0.39 is 24.0 Å². The van der Waals surface area contributed by atoms with E-state index in [1.165, 1.54) is 0 Å². The van der Waals surface area contributed by atoms with Crippen molar-refractivity contribution in [3.8, 4) is 0 Å². The highest BCUT2D eigenvalue weighted by Gasteiger charge is 2.26. The number of anilines is 1. The van der Waals surface area contributed by atoms with Crippen LogP contribution in [0.3, 0.4) is 0 Å². The van der Waals surface area contributed by atoms with E-state index in [1.807, 2.05) is 6.08 Å². The Labute approximate surface area is 169 Å². The molecule has 158 valence electrons. The maximum Gasteiger partial charge on any atom is 0.312 e. The van der Waals surface area contributed by atoms with Crippen LogP contribution in [0.2, 0.25) is 0 Å². The van der Waals surface area contributed by atoms with Gasteiger partial charge in [-0.15, -0.1) is 0 Å². The van der Waals surface area contributed by atoms with E-state index in [1.54, 1.807) is 24.3 Å². The van der Waals surface area contributed by atoms with Crippen LogP contribution < -0.4 is 27.4 Å². The highest BCUT2D eigenvalue weighted by atomic mass is 16.3. The van der Waals surface area contributed by atoms with Crippen molar-refractivity contribution < 1.29 is 19.5 Å². The van der Waals surface area contributed by atoms with Gasteiger partial charge in [-0.1, -0.05) is 18.2 Å². The quantitative estimate of drug-likeness (QED) is 0.247. The fourth-order valence-corrected chi connectivity index (χ4v) is 3.12. The maximum atomic E-state index is 12.7. The summed E-state index contributed by atoms with van der Waals surface area (Å²) < 4.78 is 0. The summed E-state index contributed by atoms with van der Waals surface area (Å²) in [5.41, 5.74) is 13.2. The Kier molecular flexibility index (Phi) is 8.63. The molecule has 1 aromatic rings. The van der Waals surface area contributed by atoms with Crippen molar-refractivity contribution in [2.45, 2.75) is 50.8 Å². The first-order valence-electron chi connectivity index (χ1n) is 9.69. The van der Waals surface area contributed by atoms with Crippen LogP contribution in [0.1, 0.15) is 37.7 Å². The topological polar surface area (TPSA) is 160 Å². The van der Waals surface area contributed by atoms with E-state index in [0.29, 0.717) is 18.5 Å². The molecule has 1 aliphatic rings. The monoisotopic (exact) mass is 403 g/mol. The second-order valence-corrected chi connectivity index (χ2v) is 6.99. The van der Waals surface area contributed by atoms with E-state index >= 15 is 0 Å². The fraction of sp³-hybridized carbons (Fsp3) is 0.450. The lowest BCUT2D eigenvalue weighted by Crippen LogP contribution is -2.50. The van der Waals surface area contributed by atoms with Gasteiger partial charge < -0.3 is 32.5 Å². The molecule has 2 rings (SSSR count). The Hall–Kier alpha value is -2.91. The van der Waals surface area contributed by atoms with E-state index in [0.717, 1.165) is 30.4 Å². The maximum absolute atomic E-state index is 12.7. The van der Waals surface area contributed by atoms with Gasteiger partial charge in [0.2, 0.25) is 11.8 Å². The number of nitrogens with one attached hydrogen (secondary N) is 3. The van der Waals surface area contributed by atoms with Crippen molar-refractivity contribution in [2.75, 3.05) is 11.9 Å². The summed E-state index contributed by atoms with van der Waals surface area (Å²) in [6, 6.07) is 4.50. The van der Waals surface area contributed by atoms with Crippen LogP contribution in [0, 0.1) is 0 Å². The Morgan fingerprint density at radius 2 is 1.86 bits per heavy atom. The van der Waals surface area contributed by atoms with Gasteiger partial charge in [-0.2, -0.15) is 0 Å². The second-order valence-electron chi connectivity index (χ2n) is 6.99. The van der Waals surface area contributed by atoms with Gasteiger partial charge in [0.15, 0.2) is 0 Å². The minimum atomic E-state index is -0.817. The minimum Gasteiger partial charge on any atom is -0.392 e. The lowest BCUT2D eigenvalue weighted by Gasteiger charge is -2.21. The molecule has 0 radical (unpaired) electrons. The van der Waals surface area contributed by atoms with Crippen LogP contribution in [0.5, 0.6) is 0 Å². The molecule has 2 atom stereocenters. The summed E-state index contributed by atoms with van der Waals surface area (Å²) in [6.07, 6.45) is 5.39. The molecular weight excluding hydrogens is 374 g/mol. The number of hydrogen-bond acceptors (Lipinski definition) is 5. The van der Waals surface area contributed by atoms with Crippen molar-refractivity contribution in [3.63, 3.8) is 0 Å². The number of carbonyl (C=O) groups excluding carboxylic acids is 3. The summed E-state index contributed by atoms with van der Waals surface area (Å²) in [5.74, 6) is -0.793. The van der Waals surface area contributed by atoms with Crippen LogP contribution in [0.4, 0.5) is 10.5 Å². The Bertz CT molecular complexity index is 748. The van der Waals surface area contributed by atoms with Gasteiger partial charge in [-0.3, -0.25) is 9.59 Å². The molecule has 29 heavy (non-hydrogen) atoms. The molecule has 1 aliphatic carbocycles. The number of carbonyl (C=O) groups is 3. The van der Waals surface area contributed by atoms with Crippen LogP contribution in [0.25, 0.3) is 0 Å². The molecule has 4 amide bonds. The highest BCUT2D eigenvalue weighted by molar-refractivity contribution is 5.98. The number of aliphatic hydroxyl groups excluding tert-OH is 1. The molecule has 2 unspecified atom stereocenters. The van der Waals surface area contributed by atoms with Crippen LogP contribution >= 0.6 is 0 Å². The van der Waals surface area contributed by atoms with Crippen molar-refractivity contribution in [1.29, 1.82) is 0 Å². The molecule has 9 heteroatoms. The molecule has 0 bridgehead atoms. The third-order valence-corrected chi connectivity index (χ3v) is 4.76. The van der Waals surface area contributed by atoms with Gasteiger partial charge in [0.05, 0.1) is 6.61 Å². The smallest absolute Gasteiger partial charge is 0.312 e. The van der Waals surface area contributed by atoms with Gasteiger partial charge in [0.25, 0.3) is 0 Å². The first-order valence-corrected chi connectivity index (χ1v) is 9.69. The highest BCUT2D eigenvalue weighted by Crippen LogP contribution is 2.20. The standard InChI is InChI=1S/C20H29N5O4/c21-17(14-4-1-2-5-14)19(28)25-16(6-3-11-23-20(22)29)18(27)24-15-9-7-13(12-26)8-10-15/h4,7-10,16-17,26H,1-3,5-6,11-12,21H2,(H,24,27)(H,25,28)(H3,22,23,29). The molecule has 0 aliphatic heterocycles. The van der Waals surface area contributed by atoms with Gasteiger partial charge in [-0.25, -0.2) is 4.79 Å². The number of primary amides is 1. The fourth-order valence-electron chi connectivity index (χ4n) is 3.12. The molecule has 0 fully saturated rings. The predicted molar refractivity (Wildman–Crippen MR) is 110 cm³/mol. The SMILES string of the molecule is NC(=O)NCCCC(NC(=O)C(N)C1=CCCC1)C(=O)Nc1ccc(CO)cc1. The van der Waals surface area contributed by atoms with E-state index in [-0.39, 0.29) is 19.1 Å². The number of urea groups is 1. The zero-order valence-electron chi connectivity index (χ0n) is 16.3. The molecule has 0 aromatic heterocycles. The third-order valence-electron chi connectivity index (χ3n) is 4.76. The lowest BCUT2D eigenvalue weighted by atomic mass is 10.0. The van der Waals surface area contributed by atoms with Crippen molar-refractivity contribution in [3.05, 3.63) is 41.5 Å². The molecule has 0 heterocycles. The molecular formula is C20H29N5O4. The average molecular weight is 403 g/mol. The zero-order valence-corrected chi connectivity index (χ0v) is 16.3. The van der Waals surface area contributed by atoms with Crippen molar-refractivity contribution in [1.82, 2.24) is 10.6 Å². The second kappa shape index (κ2) is 11.2. The van der Waals surface area contributed by atoms with E-state index in [9.17, 15) is 14.4 Å². The molecule has 0 spiro atoms. The third kappa shape index (κ3) is 7.20. The molecule has 8 N–H and O–H groups in total. The van der Waals surface area contributed by atoms with Gasteiger partial charge >= 0.3 is 6.03 Å². The Morgan fingerprint density at radius 3 is 2.45 bits per heavy atom. The molecule has 0 saturated carbocycles. The molecule has 0 saturated heterocycles. The molecule has 9 nitrogen and oxygen atoms in total. The van der Waals surface area contributed by atoms with Crippen LogP contribution in [0.15, 0.2) is 35.9 Å². The van der Waals surface area contributed by atoms with E-state index in [4.69, 9.17) is 16.6 Å². The first-order chi connectivity index (χ1) is 13.9. The van der Waals surface area contributed by atoms with Gasteiger partial charge in [0, 0.05) is 12.2 Å². The number of nitrogens with two attached hydrogens (primary N) is 2. The average Bonchev–Trinajstić information content (AvgIpc) is 3.24.